The summed E-state index contributed by atoms with van der Waals surface area (Å²) in [6, 6.07) is 5.78. The number of rotatable bonds is 5. The quantitative estimate of drug-likeness (QED) is 0.556. The number of halogens is 2. The monoisotopic (exact) mass is 436 g/mol. The number of imidazole rings is 1. The zero-order valence-electron chi connectivity index (χ0n) is 11.5. The van der Waals surface area contributed by atoms with E-state index < -0.39 is 5.97 Å². The van der Waals surface area contributed by atoms with Crippen LogP contribution in [0, 0.1) is 3.57 Å². The second kappa shape index (κ2) is 7.02. The van der Waals surface area contributed by atoms with Gasteiger partial charge in [-0.3, -0.25) is 9.36 Å². The fourth-order valence-electron chi connectivity index (χ4n) is 1.89. The van der Waals surface area contributed by atoms with E-state index in [9.17, 15) is 4.79 Å². The number of hydrogen-bond donors (Lipinski definition) is 1. The van der Waals surface area contributed by atoms with Gasteiger partial charge in [0, 0.05) is 9.26 Å². The first-order valence-corrected chi connectivity index (χ1v) is 8.72. The van der Waals surface area contributed by atoms with E-state index in [1.54, 1.807) is 6.20 Å². The Balaban J connectivity index is 2.52. The van der Waals surface area contributed by atoms with E-state index in [-0.39, 0.29) is 11.7 Å². The summed E-state index contributed by atoms with van der Waals surface area (Å²) in [6.07, 6.45) is 1.78. The highest BCUT2D eigenvalue weighted by atomic mass is 127. The van der Waals surface area contributed by atoms with Crippen LogP contribution in [0.5, 0.6) is 0 Å². The van der Waals surface area contributed by atoms with Crippen molar-refractivity contribution in [2.24, 2.45) is 0 Å². The molecule has 1 aromatic carbocycles. The molecular weight excluding hydrogens is 423 g/mol. The molecule has 0 saturated heterocycles. The van der Waals surface area contributed by atoms with Crippen LogP contribution in [0.4, 0.5) is 0 Å². The summed E-state index contributed by atoms with van der Waals surface area (Å²) in [7, 11) is 0. The van der Waals surface area contributed by atoms with E-state index in [0.717, 1.165) is 15.0 Å². The molecular formula is C14H14ClIN2O2S. The number of carbonyl (C=O) groups is 1. The average Bonchev–Trinajstić information content (AvgIpc) is 2.80. The lowest BCUT2D eigenvalue weighted by atomic mass is 10.1. The van der Waals surface area contributed by atoms with Gasteiger partial charge < -0.3 is 5.11 Å². The van der Waals surface area contributed by atoms with Crippen LogP contribution in [0.25, 0.3) is 5.69 Å². The van der Waals surface area contributed by atoms with Gasteiger partial charge in [0.2, 0.25) is 0 Å². The van der Waals surface area contributed by atoms with Gasteiger partial charge >= 0.3 is 5.97 Å². The number of benzene rings is 1. The maximum Gasteiger partial charge on any atom is 0.313 e. The minimum atomic E-state index is -0.866. The van der Waals surface area contributed by atoms with Crippen LogP contribution < -0.4 is 0 Å². The van der Waals surface area contributed by atoms with E-state index in [0.29, 0.717) is 10.2 Å². The molecule has 0 spiro atoms. The summed E-state index contributed by atoms with van der Waals surface area (Å²) in [6.45, 7) is 4.14. The highest BCUT2D eigenvalue weighted by molar-refractivity contribution is 14.1. The molecule has 7 heteroatoms. The van der Waals surface area contributed by atoms with Crippen molar-refractivity contribution in [1.29, 1.82) is 0 Å². The summed E-state index contributed by atoms with van der Waals surface area (Å²) < 4.78 is 2.99. The Morgan fingerprint density at radius 3 is 2.81 bits per heavy atom. The molecule has 0 aliphatic heterocycles. The first kappa shape index (κ1) is 16.6. The van der Waals surface area contributed by atoms with Gasteiger partial charge in [-0.1, -0.05) is 37.2 Å². The average molecular weight is 437 g/mol. The van der Waals surface area contributed by atoms with E-state index in [1.165, 1.54) is 11.8 Å². The van der Waals surface area contributed by atoms with Crippen LogP contribution in [0.15, 0.2) is 29.6 Å². The summed E-state index contributed by atoms with van der Waals surface area (Å²) in [4.78, 5) is 15.1. The third-order valence-corrected chi connectivity index (χ3v) is 4.73. The van der Waals surface area contributed by atoms with Crippen LogP contribution in [-0.4, -0.2) is 26.4 Å². The summed E-state index contributed by atoms with van der Waals surface area (Å²) >= 11 is 9.75. The van der Waals surface area contributed by atoms with Crippen LogP contribution in [0.3, 0.4) is 0 Å². The second-order valence-electron chi connectivity index (χ2n) is 4.73. The van der Waals surface area contributed by atoms with Gasteiger partial charge in [-0.25, -0.2) is 4.98 Å². The van der Waals surface area contributed by atoms with Gasteiger partial charge in [-0.2, -0.15) is 0 Å². The highest BCUT2D eigenvalue weighted by Crippen LogP contribution is 2.31. The third kappa shape index (κ3) is 3.92. The number of hydrogen-bond acceptors (Lipinski definition) is 3. The van der Waals surface area contributed by atoms with Crippen molar-refractivity contribution < 1.29 is 9.90 Å². The Labute approximate surface area is 146 Å². The van der Waals surface area contributed by atoms with Crippen LogP contribution in [0.2, 0.25) is 5.02 Å². The largest absolute Gasteiger partial charge is 0.481 e. The van der Waals surface area contributed by atoms with E-state index in [2.05, 4.69) is 41.4 Å². The minimum absolute atomic E-state index is 0.0312. The molecule has 0 aliphatic rings. The fourth-order valence-corrected chi connectivity index (χ4v) is 3.54. The molecule has 0 atom stereocenters. The lowest BCUT2D eigenvalue weighted by Gasteiger charge is -2.15. The molecule has 1 N–H and O–H groups in total. The fraction of sp³-hybridized carbons (Fsp3) is 0.286. The van der Waals surface area contributed by atoms with Gasteiger partial charge in [-0.05, 0) is 46.7 Å². The van der Waals surface area contributed by atoms with Gasteiger partial charge in [0.05, 0.1) is 22.7 Å². The van der Waals surface area contributed by atoms with Crippen LogP contribution >= 0.6 is 46.0 Å². The van der Waals surface area contributed by atoms with E-state index in [4.69, 9.17) is 16.7 Å². The zero-order valence-corrected chi connectivity index (χ0v) is 15.2. The molecule has 112 valence electrons. The summed E-state index contributed by atoms with van der Waals surface area (Å²) in [5, 5.41) is 10.1. The maximum atomic E-state index is 10.8. The number of carboxylic acid groups (broad SMARTS) is 1. The number of aromatic nitrogens is 2. The van der Waals surface area contributed by atoms with E-state index >= 15 is 0 Å². The number of aliphatic carboxylic acids is 1. The Kier molecular flexibility index (Phi) is 5.56. The molecule has 4 nitrogen and oxygen atoms in total. The molecule has 0 bridgehead atoms. The molecule has 0 aliphatic carbocycles. The topological polar surface area (TPSA) is 55.1 Å². The predicted molar refractivity (Wildman–Crippen MR) is 93.7 cm³/mol. The number of nitrogens with zero attached hydrogens (tertiary/aromatic N) is 2. The lowest BCUT2D eigenvalue weighted by Crippen LogP contribution is -2.06. The highest BCUT2D eigenvalue weighted by Gasteiger charge is 2.17. The van der Waals surface area contributed by atoms with Gasteiger partial charge in [0.25, 0.3) is 0 Å². The summed E-state index contributed by atoms with van der Waals surface area (Å²) in [5.74, 6) is -0.641. The normalized spacial score (nSPS) is 11.1. The Morgan fingerprint density at radius 1 is 1.52 bits per heavy atom. The van der Waals surface area contributed by atoms with Crippen molar-refractivity contribution in [3.8, 4) is 5.69 Å². The van der Waals surface area contributed by atoms with Crippen molar-refractivity contribution >= 4 is 51.9 Å². The van der Waals surface area contributed by atoms with Gasteiger partial charge in [0.1, 0.15) is 0 Å². The molecule has 21 heavy (non-hydrogen) atoms. The lowest BCUT2D eigenvalue weighted by molar-refractivity contribution is -0.133. The first-order valence-electron chi connectivity index (χ1n) is 6.27. The van der Waals surface area contributed by atoms with Crippen molar-refractivity contribution in [3.05, 3.63) is 38.7 Å². The molecule has 0 unspecified atom stereocenters. The summed E-state index contributed by atoms with van der Waals surface area (Å²) in [5.41, 5.74) is 1.83. The number of thioether (sulfide) groups is 1. The van der Waals surface area contributed by atoms with Crippen molar-refractivity contribution in [2.45, 2.75) is 24.9 Å². The van der Waals surface area contributed by atoms with Crippen LogP contribution in [-0.2, 0) is 4.79 Å². The molecule has 0 radical (unpaired) electrons. The molecule has 1 heterocycles. The maximum absolute atomic E-state index is 10.8. The predicted octanol–water partition coefficient (Wildman–Crippen LogP) is 4.43. The number of carboxylic acids is 1. The van der Waals surface area contributed by atoms with Crippen molar-refractivity contribution in [2.75, 3.05) is 5.75 Å². The van der Waals surface area contributed by atoms with Crippen molar-refractivity contribution in [1.82, 2.24) is 9.55 Å². The van der Waals surface area contributed by atoms with E-state index in [1.807, 2.05) is 22.8 Å². The smallest absolute Gasteiger partial charge is 0.313 e. The standard InChI is InChI=1S/C14H14ClIN2O2S/c1-8(2)12-6-17-14(21-7-13(19)20)18(12)11-4-3-9(16)5-10(11)15/h3-6,8H,7H2,1-2H3,(H,19,20). The second-order valence-corrected chi connectivity index (χ2v) is 7.33. The Hall–Kier alpha value is -0.730. The first-order chi connectivity index (χ1) is 9.90. The Bertz CT molecular complexity index is 673. The van der Waals surface area contributed by atoms with Crippen LogP contribution in [0.1, 0.15) is 25.5 Å². The zero-order chi connectivity index (χ0) is 15.6. The molecule has 0 saturated carbocycles. The SMILES string of the molecule is CC(C)c1cnc(SCC(=O)O)n1-c1ccc(I)cc1Cl. The molecule has 0 amide bonds. The molecule has 2 aromatic rings. The molecule has 0 fully saturated rings. The Morgan fingerprint density at radius 2 is 2.24 bits per heavy atom. The van der Waals surface area contributed by atoms with Crippen molar-refractivity contribution in [3.63, 3.8) is 0 Å². The van der Waals surface area contributed by atoms with Gasteiger partial charge in [-0.15, -0.1) is 0 Å². The molecule has 1 aromatic heterocycles. The minimum Gasteiger partial charge on any atom is -0.481 e. The van der Waals surface area contributed by atoms with Gasteiger partial charge in [0.15, 0.2) is 5.16 Å². The molecule has 2 rings (SSSR count). The third-order valence-electron chi connectivity index (χ3n) is 2.82.